The molecule has 2 heterocycles. The van der Waals surface area contributed by atoms with Crippen molar-refractivity contribution in [1.29, 1.82) is 0 Å². The van der Waals surface area contributed by atoms with Crippen LogP contribution in [0.3, 0.4) is 0 Å². The van der Waals surface area contributed by atoms with Crippen LogP contribution in [0.25, 0.3) is 11.4 Å². The Kier molecular flexibility index (Phi) is 5.35. The fraction of sp³-hybridized carbons (Fsp3) is 0.0714. The Bertz CT molecular complexity index is 1000. The highest BCUT2D eigenvalue weighted by Crippen LogP contribution is 2.25. The van der Waals surface area contributed by atoms with E-state index in [4.69, 9.17) is 17.2 Å². The summed E-state index contributed by atoms with van der Waals surface area (Å²) in [4.78, 5) is 35.0. The van der Waals surface area contributed by atoms with Crippen LogP contribution in [0, 0.1) is 0 Å². The molecule has 0 saturated heterocycles. The lowest BCUT2D eigenvalue weighted by Crippen LogP contribution is -2.36. The third-order valence-electron chi connectivity index (χ3n) is 3.18. The maximum Gasteiger partial charge on any atom is 0.253 e. The number of hydrogen-bond donors (Lipinski definition) is 4. The number of pyridine rings is 1. The van der Waals surface area contributed by atoms with Gasteiger partial charge in [-0.15, -0.1) is 23.7 Å². The zero-order chi connectivity index (χ0) is 17.3. The van der Waals surface area contributed by atoms with Gasteiger partial charge in [-0.25, -0.2) is 9.97 Å². The number of nitrogen functional groups attached to an aromatic ring is 1. The van der Waals surface area contributed by atoms with E-state index in [1.165, 1.54) is 11.3 Å². The quantitative estimate of drug-likeness (QED) is 0.280. The van der Waals surface area contributed by atoms with E-state index < -0.39 is 10.9 Å². The Morgan fingerprint density at radius 3 is 2.60 bits per heavy atom. The van der Waals surface area contributed by atoms with Crippen LogP contribution in [-0.4, -0.2) is 15.9 Å². The minimum absolute atomic E-state index is 0. The van der Waals surface area contributed by atoms with E-state index in [9.17, 15) is 9.59 Å². The van der Waals surface area contributed by atoms with E-state index in [1.807, 2.05) is 6.07 Å². The lowest BCUT2D eigenvalue weighted by molar-refractivity contribution is 1.04. The largest absolute Gasteiger partial charge is 0.394 e. The van der Waals surface area contributed by atoms with Crippen molar-refractivity contribution in [2.24, 2.45) is 16.5 Å². The van der Waals surface area contributed by atoms with Gasteiger partial charge in [0.1, 0.15) is 17.1 Å². The van der Waals surface area contributed by atoms with Crippen molar-refractivity contribution in [2.75, 3.05) is 11.1 Å². The van der Waals surface area contributed by atoms with Crippen LogP contribution in [0.4, 0.5) is 16.5 Å². The van der Waals surface area contributed by atoms with Gasteiger partial charge in [0.05, 0.1) is 17.9 Å². The fourth-order valence-corrected chi connectivity index (χ4v) is 2.73. The molecular weight excluding hydrogens is 366 g/mol. The van der Waals surface area contributed by atoms with E-state index in [2.05, 4.69) is 20.3 Å². The highest BCUT2D eigenvalue weighted by molar-refractivity contribution is 7.13. The van der Waals surface area contributed by atoms with Crippen LogP contribution in [0.5, 0.6) is 0 Å². The minimum Gasteiger partial charge on any atom is -0.394 e. The van der Waals surface area contributed by atoms with Crippen molar-refractivity contribution in [3.8, 4) is 11.4 Å². The summed E-state index contributed by atoms with van der Waals surface area (Å²) in [5, 5.41) is 5.05. The summed E-state index contributed by atoms with van der Waals surface area (Å²) >= 11 is 1.29. The van der Waals surface area contributed by atoms with E-state index in [0.29, 0.717) is 22.2 Å². The first-order valence-electron chi connectivity index (χ1n) is 6.80. The van der Waals surface area contributed by atoms with Crippen molar-refractivity contribution in [3.63, 3.8) is 0 Å². The highest BCUT2D eigenvalue weighted by Gasteiger charge is 2.17. The van der Waals surface area contributed by atoms with Crippen LogP contribution in [0.2, 0.25) is 0 Å². The monoisotopic (exact) mass is 379 g/mol. The van der Waals surface area contributed by atoms with E-state index in [0.717, 1.165) is 0 Å². The third kappa shape index (κ3) is 3.75. The van der Waals surface area contributed by atoms with E-state index >= 15 is 0 Å². The average Bonchev–Trinajstić information content (AvgIpc) is 3.02. The number of rotatable bonds is 5. The minimum atomic E-state index is -0.658. The Balaban J connectivity index is 0.00000225. The molecule has 3 rings (SSSR count). The number of aliphatic imine (C=N–C) groups is 1. The molecule has 0 spiro atoms. The number of guanidine groups is 1. The Hall–Kier alpha value is -2.98. The number of nitrogens with zero attached hydrogens (tertiary/aromatic N) is 3. The molecule has 0 bridgehead atoms. The number of halogens is 1. The molecule has 0 saturated carbocycles. The van der Waals surface area contributed by atoms with Crippen LogP contribution in [0.1, 0.15) is 5.69 Å². The second-order valence-electron chi connectivity index (χ2n) is 4.87. The van der Waals surface area contributed by atoms with Crippen LogP contribution >= 0.6 is 23.7 Å². The van der Waals surface area contributed by atoms with Crippen molar-refractivity contribution in [1.82, 2.24) is 9.97 Å². The maximum absolute atomic E-state index is 11.4. The number of nitrogens with two attached hydrogens (primary N) is 3. The SMILES string of the molecule is Cl.NC(N)=Nc1nc(-c2cccc(CNc3c(N)c(=O)c3=O)n2)cs1. The van der Waals surface area contributed by atoms with Crippen LogP contribution < -0.4 is 33.4 Å². The lowest BCUT2D eigenvalue weighted by Gasteiger charge is -2.09. The van der Waals surface area contributed by atoms with Gasteiger partial charge in [-0.3, -0.25) is 9.59 Å². The van der Waals surface area contributed by atoms with Gasteiger partial charge in [0.15, 0.2) is 5.96 Å². The smallest absolute Gasteiger partial charge is 0.253 e. The lowest BCUT2D eigenvalue weighted by atomic mass is 10.2. The molecule has 0 fully saturated rings. The summed E-state index contributed by atoms with van der Waals surface area (Å²) in [7, 11) is 0. The molecule has 11 heteroatoms. The van der Waals surface area contributed by atoms with Crippen molar-refractivity contribution >= 4 is 46.2 Å². The Morgan fingerprint density at radius 2 is 1.92 bits per heavy atom. The predicted molar refractivity (Wildman–Crippen MR) is 101 cm³/mol. The van der Waals surface area contributed by atoms with Gasteiger partial charge in [-0.2, -0.15) is 4.99 Å². The molecular formula is C14H14ClN7O2S. The number of hydrogen-bond acceptors (Lipinski definition) is 8. The topological polar surface area (TPSA) is 162 Å². The van der Waals surface area contributed by atoms with E-state index in [-0.39, 0.29) is 36.3 Å². The molecule has 1 aromatic carbocycles. The summed E-state index contributed by atoms with van der Waals surface area (Å²) < 4.78 is 0. The molecule has 0 atom stereocenters. The van der Waals surface area contributed by atoms with Crippen LogP contribution in [-0.2, 0) is 6.54 Å². The summed E-state index contributed by atoms with van der Waals surface area (Å²) in [6, 6.07) is 5.38. The molecule has 0 amide bonds. The van der Waals surface area contributed by atoms with Gasteiger partial charge in [-0.1, -0.05) is 6.07 Å². The molecule has 0 radical (unpaired) electrons. The fourth-order valence-electron chi connectivity index (χ4n) is 2.03. The van der Waals surface area contributed by atoms with Gasteiger partial charge in [0, 0.05) is 5.38 Å². The Morgan fingerprint density at radius 1 is 1.16 bits per heavy atom. The average molecular weight is 380 g/mol. The van der Waals surface area contributed by atoms with Crippen molar-refractivity contribution in [3.05, 3.63) is 49.7 Å². The zero-order valence-electron chi connectivity index (χ0n) is 12.7. The molecule has 7 N–H and O–H groups in total. The van der Waals surface area contributed by atoms with Crippen molar-refractivity contribution < 1.29 is 0 Å². The molecule has 0 aliphatic carbocycles. The second kappa shape index (κ2) is 7.28. The molecule has 2 aromatic heterocycles. The first kappa shape index (κ1) is 18.4. The number of aromatic nitrogens is 2. The molecule has 0 aliphatic rings. The molecule has 9 nitrogen and oxygen atoms in total. The van der Waals surface area contributed by atoms with Gasteiger partial charge in [0.25, 0.3) is 10.9 Å². The van der Waals surface area contributed by atoms with Gasteiger partial charge in [0.2, 0.25) is 5.13 Å². The third-order valence-corrected chi connectivity index (χ3v) is 3.91. The first-order valence-corrected chi connectivity index (χ1v) is 7.68. The number of thiazole rings is 1. The molecule has 25 heavy (non-hydrogen) atoms. The normalized spacial score (nSPS) is 10.2. The second-order valence-corrected chi connectivity index (χ2v) is 5.70. The molecule has 0 aliphatic heterocycles. The first-order chi connectivity index (χ1) is 11.5. The van der Waals surface area contributed by atoms with Crippen LogP contribution in [0.15, 0.2) is 38.2 Å². The maximum atomic E-state index is 11.4. The summed E-state index contributed by atoms with van der Waals surface area (Å²) in [5.74, 6) is -0.0626. The number of anilines is 2. The summed E-state index contributed by atoms with van der Waals surface area (Å²) in [6.45, 7) is 0.258. The number of nitrogens with one attached hydrogen (secondary N) is 1. The zero-order valence-corrected chi connectivity index (χ0v) is 14.4. The van der Waals surface area contributed by atoms with Gasteiger partial charge in [-0.05, 0) is 12.1 Å². The summed E-state index contributed by atoms with van der Waals surface area (Å²) in [6.07, 6.45) is 0. The molecule has 3 aromatic rings. The predicted octanol–water partition coefficient (Wildman–Crippen LogP) is 0.322. The summed E-state index contributed by atoms with van der Waals surface area (Å²) in [5.41, 5.74) is 16.9. The van der Waals surface area contributed by atoms with Gasteiger partial charge >= 0.3 is 0 Å². The molecule has 130 valence electrons. The van der Waals surface area contributed by atoms with Gasteiger partial charge < -0.3 is 22.5 Å². The van der Waals surface area contributed by atoms with Crippen molar-refractivity contribution in [2.45, 2.75) is 6.54 Å². The van der Waals surface area contributed by atoms with E-state index in [1.54, 1.807) is 17.5 Å². The highest BCUT2D eigenvalue weighted by atomic mass is 35.5. The molecule has 0 unspecified atom stereocenters. The Labute approximate surface area is 151 Å². The standard InChI is InChI=1S/C14H13N7O2S.ClH/c15-9-10(12(23)11(9)22)18-4-6-2-1-3-7(19-6)8-5-24-14(20-8)21-13(16)17;/h1-3,5,18H,4,15H2,(H4,16,17,20,21);1H.